The van der Waals surface area contributed by atoms with Crippen LogP contribution in [0.4, 0.5) is 19.0 Å². The number of aryl methyl sites for hydroxylation is 1. The Labute approximate surface area is 156 Å². The summed E-state index contributed by atoms with van der Waals surface area (Å²) in [5.41, 5.74) is 0.0418. The fourth-order valence-corrected chi connectivity index (χ4v) is 3.27. The third-order valence-electron chi connectivity index (χ3n) is 3.80. The second kappa shape index (κ2) is 7.16. The van der Waals surface area contributed by atoms with E-state index < -0.39 is 11.7 Å². The molecule has 0 aliphatic heterocycles. The zero-order valence-corrected chi connectivity index (χ0v) is 15.3. The molecule has 3 rings (SSSR count). The first-order valence-corrected chi connectivity index (χ1v) is 8.83. The van der Waals surface area contributed by atoms with Crippen LogP contribution < -0.4 is 10.9 Å². The van der Waals surface area contributed by atoms with Crippen LogP contribution in [0, 0.1) is 5.41 Å². The van der Waals surface area contributed by atoms with Crippen molar-refractivity contribution in [1.82, 2.24) is 19.5 Å². The summed E-state index contributed by atoms with van der Waals surface area (Å²) in [6.07, 6.45) is -2.80. The third kappa shape index (κ3) is 3.60. The van der Waals surface area contributed by atoms with Crippen molar-refractivity contribution in [2.24, 2.45) is 12.9 Å². The van der Waals surface area contributed by atoms with E-state index in [1.807, 2.05) is 6.92 Å². The standard InChI is InChI=1S/C16H16F3N7S/c1-3-27-11-4-5-12(26(21)8-20)24-13(11)15-23-10-6-9(16(17,18)19)7-22-14(10)25(15)2/h4-8,20H,3,21H2,1-2H3. The Morgan fingerprint density at radius 2 is 2.07 bits per heavy atom. The molecule has 0 aliphatic carbocycles. The summed E-state index contributed by atoms with van der Waals surface area (Å²) in [7, 11) is 1.66. The predicted molar refractivity (Wildman–Crippen MR) is 98.6 cm³/mol. The van der Waals surface area contributed by atoms with Gasteiger partial charge in [-0.3, -0.25) is 10.4 Å². The highest BCUT2D eigenvalue weighted by Crippen LogP contribution is 2.34. The Balaban J connectivity index is 2.21. The molecule has 0 amide bonds. The second-order valence-electron chi connectivity index (χ2n) is 5.54. The van der Waals surface area contributed by atoms with Crippen molar-refractivity contribution in [3.63, 3.8) is 0 Å². The number of hydrogen-bond acceptors (Lipinski definition) is 6. The number of nitrogens with one attached hydrogen (secondary N) is 1. The summed E-state index contributed by atoms with van der Waals surface area (Å²) in [5, 5.41) is 8.30. The molecule has 0 spiro atoms. The van der Waals surface area contributed by atoms with Gasteiger partial charge in [-0.2, -0.15) is 13.2 Å². The van der Waals surface area contributed by atoms with Gasteiger partial charge < -0.3 is 4.57 Å². The molecule has 0 aliphatic rings. The van der Waals surface area contributed by atoms with E-state index in [2.05, 4.69) is 15.0 Å². The van der Waals surface area contributed by atoms with Crippen molar-refractivity contribution >= 4 is 35.1 Å². The van der Waals surface area contributed by atoms with E-state index in [1.54, 1.807) is 23.7 Å². The van der Waals surface area contributed by atoms with Gasteiger partial charge in [0.1, 0.15) is 23.4 Å². The topological polar surface area (TPSA) is 96.7 Å². The number of rotatable bonds is 5. The molecule has 0 saturated heterocycles. The largest absolute Gasteiger partial charge is 0.417 e. The number of anilines is 1. The van der Waals surface area contributed by atoms with Gasteiger partial charge in [0.05, 0.1) is 5.56 Å². The molecule has 0 saturated carbocycles. The van der Waals surface area contributed by atoms with Crippen LogP contribution >= 0.6 is 11.8 Å². The van der Waals surface area contributed by atoms with Crippen molar-refractivity contribution < 1.29 is 13.2 Å². The van der Waals surface area contributed by atoms with E-state index in [-0.39, 0.29) is 5.52 Å². The number of imidazole rings is 1. The van der Waals surface area contributed by atoms with Gasteiger partial charge in [-0.15, -0.1) is 11.8 Å². The number of alkyl halides is 3. The quantitative estimate of drug-likeness (QED) is 0.226. The molecule has 0 unspecified atom stereocenters. The van der Waals surface area contributed by atoms with Gasteiger partial charge >= 0.3 is 6.18 Å². The molecule has 0 atom stereocenters. The van der Waals surface area contributed by atoms with Crippen LogP contribution in [0.15, 0.2) is 29.3 Å². The Morgan fingerprint density at radius 1 is 1.33 bits per heavy atom. The molecule has 0 bridgehead atoms. The molecule has 7 nitrogen and oxygen atoms in total. The summed E-state index contributed by atoms with van der Waals surface area (Å²) < 4.78 is 40.5. The van der Waals surface area contributed by atoms with E-state index in [1.165, 1.54) is 11.8 Å². The number of aromatic nitrogens is 4. The van der Waals surface area contributed by atoms with Gasteiger partial charge in [-0.05, 0) is 24.0 Å². The number of halogens is 3. The number of nitrogens with two attached hydrogens (primary N) is 1. The number of hydrazine groups is 1. The van der Waals surface area contributed by atoms with Gasteiger partial charge in [0.2, 0.25) is 0 Å². The van der Waals surface area contributed by atoms with E-state index in [0.717, 1.165) is 34.3 Å². The molecular formula is C16H16F3N7S. The molecule has 3 N–H and O–H groups in total. The smallest absolute Gasteiger partial charge is 0.310 e. The van der Waals surface area contributed by atoms with Crippen LogP contribution in [-0.4, -0.2) is 31.6 Å². The van der Waals surface area contributed by atoms with Crippen LogP contribution in [0.1, 0.15) is 12.5 Å². The lowest BCUT2D eigenvalue weighted by atomic mass is 10.2. The first-order valence-electron chi connectivity index (χ1n) is 7.84. The average Bonchev–Trinajstić information content (AvgIpc) is 2.97. The zero-order valence-electron chi connectivity index (χ0n) is 14.4. The molecule has 3 aromatic rings. The SMILES string of the molecule is CCSc1ccc(N(N)C=N)nc1-c1nc2cc(C(F)(F)F)cnc2n1C. The molecule has 0 fully saturated rings. The highest BCUT2D eigenvalue weighted by molar-refractivity contribution is 7.99. The maximum atomic E-state index is 13.0. The zero-order chi connectivity index (χ0) is 19.8. The lowest BCUT2D eigenvalue weighted by Gasteiger charge is -2.14. The maximum absolute atomic E-state index is 13.0. The van der Waals surface area contributed by atoms with Crippen LogP contribution in [0.3, 0.4) is 0 Å². The monoisotopic (exact) mass is 395 g/mol. The first-order chi connectivity index (χ1) is 12.8. The van der Waals surface area contributed by atoms with E-state index in [9.17, 15) is 13.2 Å². The number of fused-ring (bicyclic) bond motifs is 1. The average molecular weight is 395 g/mol. The van der Waals surface area contributed by atoms with Gasteiger partial charge in [-0.25, -0.2) is 20.8 Å². The fraction of sp³-hybridized carbons (Fsp3) is 0.250. The summed E-state index contributed by atoms with van der Waals surface area (Å²) in [5.74, 6) is 7.16. The fourth-order valence-electron chi connectivity index (χ4n) is 2.52. The minimum Gasteiger partial charge on any atom is -0.310 e. The van der Waals surface area contributed by atoms with Gasteiger partial charge in [-0.1, -0.05) is 6.92 Å². The second-order valence-corrected chi connectivity index (χ2v) is 6.85. The Morgan fingerprint density at radius 3 is 2.70 bits per heavy atom. The van der Waals surface area contributed by atoms with Crippen molar-refractivity contribution in [3.8, 4) is 11.5 Å². The maximum Gasteiger partial charge on any atom is 0.417 e. The van der Waals surface area contributed by atoms with Crippen molar-refractivity contribution in [1.29, 1.82) is 5.41 Å². The number of pyridine rings is 2. The summed E-state index contributed by atoms with van der Waals surface area (Å²) in [4.78, 5) is 13.5. The predicted octanol–water partition coefficient (Wildman–Crippen LogP) is 3.45. The Kier molecular flexibility index (Phi) is 5.07. The van der Waals surface area contributed by atoms with Crippen LogP contribution in [0.2, 0.25) is 0 Å². The molecule has 3 aromatic heterocycles. The summed E-state index contributed by atoms with van der Waals surface area (Å²) >= 11 is 1.52. The van der Waals surface area contributed by atoms with Crippen molar-refractivity contribution in [2.75, 3.05) is 10.8 Å². The molecule has 0 aromatic carbocycles. The van der Waals surface area contributed by atoms with Crippen LogP contribution in [0.5, 0.6) is 0 Å². The van der Waals surface area contributed by atoms with E-state index >= 15 is 0 Å². The molecule has 142 valence electrons. The lowest BCUT2D eigenvalue weighted by Crippen LogP contribution is -2.29. The number of thioether (sulfide) groups is 1. The van der Waals surface area contributed by atoms with Crippen LogP contribution in [-0.2, 0) is 13.2 Å². The molecule has 11 heteroatoms. The molecule has 0 radical (unpaired) electrons. The lowest BCUT2D eigenvalue weighted by molar-refractivity contribution is -0.137. The Bertz CT molecular complexity index is 1000. The summed E-state index contributed by atoms with van der Waals surface area (Å²) in [6, 6.07) is 4.42. The normalized spacial score (nSPS) is 11.8. The highest BCUT2D eigenvalue weighted by Gasteiger charge is 2.32. The van der Waals surface area contributed by atoms with Gasteiger partial charge in [0.25, 0.3) is 0 Å². The van der Waals surface area contributed by atoms with E-state index in [0.29, 0.717) is 23.0 Å². The Hall–Kier alpha value is -2.66. The minimum atomic E-state index is -4.50. The summed E-state index contributed by atoms with van der Waals surface area (Å²) in [6.45, 7) is 1.97. The van der Waals surface area contributed by atoms with Gasteiger partial charge in [0.15, 0.2) is 11.5 Å². The molecular weight excluding hydrogens is 379 g/mol. The number of nitrogens with zero attached hydrogens (tertiary/aromatic N) is 5. The van der Waals surface area contributed by atoms with Gasteiger partial charge in [0, 0.05) is 18.1 Å². The molecule has 3 heterocycles. The van der Waals surface area contributed by atoms with Crippen molar-refractivity contribution in [3.05, 3.63) is 30.0 Å². The first kappa shape index (κ1) is 19.1. The highest BCUT2D eigenvalue weighted by atomic mass is 32.2. The third-order valence-corrected chi connectivity index (χ3v) is 4.72. The van der Waals surface area contributed by atoms with E-state index in [4.69, 9.17) is 11.3 Å². The number of hydrogen-bond donors (Lipinski definition) is 2. The van der Waals surface area contributed by atoms with Crippen molar-refractivity contribution in [2.45, 2.75) is 18.0 Å². The van der Waals surface area contributed by atoms with Crippen LogP contribution in [0.25, 0.3) is 22.7 Å². The molecule has 27 heavy (non-hydrogen) atoms. The minimum absolute atomic E-state index is 0.124.